The normalized spacial score (nSPS) is 10.8. The molecule has 0 bridgehead atoms. The van der Waals surface area contributed by atoms with Crippen molar-refractivity contribution in [1.82, 2.24) is 19.7 Å². The van der Waals surface area contributed by atoms with Gasteiger partial charge in [-0.25, -0.2) is 14.6 Å². The molecule has 0 aliphatic heterocycles. The molecule has 1 N–H and O–H groups in total. The van der Waals surface area contributed by atoms with Gasteiger partial charge in [0.25, 0.3) is 0 Å². The Morgan fingerprint density at radius 1 is 1.28 bits per heavy atom. The Morgan fingerprint density at radius 3 is 2.67 bits per heavy atom. The Bertz CT molecular complexity index is 445. The van der Waals surface area contributed by atoms with Crippen LogP contribution in [-0.4, -0.2) is 26.3 Å². The van der Waals surface area contributed by atoms with Crippen LogP contribution in [0.5, 0.6) is 0 Å². The highest BCUT2D eigenvalue weighted by Crippen LogP contribution is 2.12. The van der Waals surface area contributed by atoms with Gasteiger partial charge in [0, 0.05) is 6.54 Å². The highest BCUT2D eigenvalue weighted by molar-refractivity contribution is 5.43. The lowest BCUT2D eigenvalue weighted by atomic mass is 10.0. The quantitative estimate of drug-likeness (QED) is 0.849. The maximum Gasteiger partial charge on any atom is 0.155 e. The molecule has 0 spiro atoms. The predicted octanol–water partition coefficient (Wildman–Crippen LogP) is 2.51. The average Bonchev–Trinajstić information content (AvgIpc) is 2.94. The van der Waals surface area contributed by atoms with Gasteiger partial charge in [0.05, 0.1) is 11.9 Å². The summed E-state index contributed by atoms with van der Waals surface area (Å²) in [5, 5.41) is 7.45. The van der Waals surface area contributed by atoms with Crippen molar-refractivity contribution in [2.45, 2.75) is 26.7 Å². The zero-order valence-corrected chi connectivity index (χ0v) is 10.9. The first-order chi connectivity index (χ1) is 8.83. The minimum atomic E-state index is 0.722. The molecule has 0 aliphatic rings. The largest absolute Gasteiger partial charge is 0.384 e. The average molecular weight is 245 g/mol. The first-order valence-electron chi connectivity index (χ1n) is 6.38. The van der Waals surface area contributed by atoms with E-state index in [4.69, 9.17) is 0 Å². The Hall–Kier alpha value is -1.91. The third-order valence-electron chi connectivity index (χ3n) is 3.15. The SMILES string of the molecule is CCC(CC)CNc1ccc(-n2cncn2)nc1. The van der Waals surface area contributed by atoms with Crippen LogP contribution in [0.2, 0.25) is 0 Å². The number of hydrogen-bond acceptors (Lipinski definition) is 4. The summed E-state index contributed by atoms with van der Waals surface area (Å²) in [4.78, 5) is 8.25. The fraction of sp³-hybridized carbons (Fsp3) is 0.462. The molecule has 2 aromatic heterocycles. The first kappa shape index (κ1) is 12.5. The predicted molar refractivity (Wildman–Crippen MR) is 71.7 cm³/mol. The van der Waals surface area contributed by atoms with Crippen molar-refractivity contribution in [2.75, 3.05) is 11.9 Å². The second-order valence-corrected chi connectivity index (χ2v) is 4.31. The highest BCUT2D eigenvalue weighted by Gasteiger charge is 2.03. The van der Waals surface area contributed by atoms with Crippen molar-refractivity contribution >= 4 is 5.69 Å². The number of hydrogen-bond donors (Lipinski definition) is 1. The van der Waals surface area contributed by atoms with Gasteiger partial charge in [0.15, 0.2) is 5.82 Å². The van der Waals surface area contributed by atoms with Crippen LogP contribution >= 0.6 is 0 Å². The van der Waals surface area contributed by atoms with Gasteiger partial charge in [-0.2, -0.15) is 5.10 Å². The second-order valence-electron chi connectivity index (χ2n) is 4.31. The van der Waals surface area contributed by atoms with Crippen molar-refractivity contribution in [3.63, 3.8) is 0 Å². The topological polar surface area (TPSA) is 55.6 Å². The molecule has 0 radical (unpaired) electrons. The molecule has 0 saturated heterocycles. The summed E-state index contributed by atoms with van der Waals surface area (Å²) >= 11 is 0. The lowest BCUT2D eigenvalue weighted by molar-refractivity contribution is 0.519. The summed E-state index contributed by atoms with van der Waals surface area (Å²) in [5.41, 5.74) is 1.05. The number of aromatic nitrogens is 4. The summed E-state index contributed by atoms with van der Waals surface area (Å²) in [6.45, 7) is 5.45. The van der Waals surface area contributed by atoms with Gasteiger partial charge >= 0.3 is 0 Å². The maximum absolute atomic E-state index is 4.35. The Balaban J connectivity index is 1.96. The second kappa shape index (κ2) is 6.14. The Labute approximate surface area is 107 Å². The molecule has 0 atom stereocenters. The van der Waals surface area contributed by atoms with E-state index in [-0.39, 0.29) is 0 Å². The lowest BCUT2D eigenvalue weighted by Gasteiger charge is -2.14. The van der Waals surface area contributed by atoms with E-state index in [2.05, 4.69) is 34.2 Å². The van der Waals surface area contributed by atoms with E-state index in [0.717, 1.165) is 24.0 Å². The number of nitrogens with one attached hydrogen (secondary N) is 1. The molecule has 2 heterocycles. The first-order valence-corrected chi connectivity index (χ1v) is 6.38. The molecule has 5 heteroatoms. The van der Waals surface area contributed by atoms with Crippen LogP contribution in [0.1, 0.15) is 26.7 Å². The molecule has 0 fully saturated rings. The zero-order chi connectivity index (χ0) is 12.8. The highest BCUT2D eigenvalue weighted by atomic mass is 15.3. The zero-order valence-electron chi connectivity index (χ0n) is 10.9. The van der Waals surface area contributed by atoms with Crippen LogP contribution in [0, 0.1) is 5.92 Å². The molecule has 5 nitrogen and oxygen atoms in total. The van der Waals surface area contributed by atoms with Crippen molar-refractivity contribution in [3.05, 3.63) is 31.0 Å². The molecule has 96 valence electrons. The van der Waals surface area contributed by atoms with Gasteiger partial charge in [-0.05, 0) is 18.1 Å². The fourth-order valence-corrected chi connectivity index (χ4v) is 1.79. The van der Waals surface area contributed by atoms with E-state index in [9.17, 15) is 0 Å². The maximum atomic E-state index is 4.35. The van der Waals surface area contributed by atoms with Gasteiger partial charge in [-0.15, -0.1) is 0 Å². The molecule has 0 unspecified atom stereocenters. The summed E-state index contributed by atoms with van der Waals surface area (Å²) in [6.07, 6.45) is 7.38. The van der Waals surface area contributed by atoms with E-state index in [1.54, 1.807) is 11.0 Å². The number of pyridine rings is 1. The smallest absolute Gasteiger partial charge is 0.155 e. The van der Waals surface area contributed by atoms with Gasteiger partial charge in [-0.3, -0.25) is 0 Å². The fourth-order valence-electron chi connectivity index (χ4n) is 1.79. The van der Waals surface area contributed by atoms with Crippen LogP contribution in [0.25, 0.3) is 5.82 Å². The molecule has 2 rings (SSSR count). The van der Waals surface area contributed by atoms with E-state index >= 15 is 0 Å². The van der Waals surface area contributed by atoms with Crippen LogP contribution in [-0.2, 0) is 0 Å². The summed E-state index contributed by atoms with van der Waals surface area (Å²) < 4.78 is 1.64. The van der Waals surface area contributed by atoms with Crippen LogP contribution < -0.4 is 5.32 Å². The van der Waals surface area contributed by atoms with Crippen LogP contribution in [0.3, 0.4) is 0 Å². The molecule has 0 saturated carbocycles. The van der Waals surface area contributed by atoms with Crippen LogP contribution in [0.4, 0.5) is 5.69 Å². The molecular formula is C13H19N5. The van der Waals surface area contributed by atoms with Crippen molar-refractivity contribution < 1.29 is 0 Å². The lowest BCUT2D eigenvalue weighted by Crippen LogP contribution is -2.12. The van der Waals surface area contributed by atoms with E-state index in [0.29, 0.717) is 0 Å². The minimum absolute atomic E-state index is 0.722. The minimum Gasteiger partial charge on any atom is -0.384 e. The molecule has 18 heavy (non-hydrogen) atoms. The number of nitrogens with zero attached hydrogens (tertiary/aromatic N) is 4. The number of anilines is 1. The molecule has 2 aromatic rings. The summed E-state index contributed by atoms with van der Waals surface area (Å²) in [6, 6.07) is 3.95. The third-order valence-corrected chi connectivity index (χ3v) is 3.15. The van der Waals surface area contributed by atoms with E-state index in [1.165, 1.54) is 19.2 Å². The molecule has 0 aliphatic carbocycles. The van der Waals surface area contributed by atoms with Gasteiger partial charge in [-0.1, -0.05) is 26.7 Å². The summed E-state index contributed by atoms with van der Waals surface area (Å²) in [5.74, 6) is 1.50. The molecule has 0 amide bonds. The van der Waals surface area contributed by atoms with Crippen molar-refractivity contribution in [1.29, 1.82) is 0 Å². The van der Waals surface area contributed by atoms with E-state index in [1.807, 2.05) is 18.3 Å². The molecular weight excluding hydrogens is 226 g/mol. The van der Waals surface area contributed by atoms with Gasteiger partial charge in [0.2, 0.25) is 0 Å². The number of rotatable bonds is 6. The Kier molecular flexibility index (Phi) is 4.28. The third kappa shape index (κ3) is 3.06. The summed E-state index contributed by atoms with van der Waals surface area (Å²) in [7, 11) is 0. The standard InChI is InChI=1S/C13H19N5/c1-3-11(4-2)7-15-12-5-6-13(16-8-12)18-10-14-9-17-18/h5-6,8-11,15H,3-4,7H2,1-2H3. The van der Waals surface area contributed by atoms with Crippen molar-refractivity contribution in [3.8, 4) is 5.82 Å². The van der Waals surface area contributed by atoms with Crippen molar-refractivity contribution in [2.24, 2.45) is 5.92 Å². The van der Waals surface area contributed by atoms with E-state index < -0.39 is 0 Å². The Morgan fingerprint density at radius 2 is 2.11 bits per heavy atom. The van der Waals surface area contributed by atoms with Crippen LogP contribution in [0.15, 0.2) is 31.0 Å². The monoisotopic (exact) mass is 245 g/mol. The van der Waals surface area contributed by atoms with Gasteiger partial charge in [0.1, 0.15) is 12.7 Å². The van der Waals surface area contributed by atoms with Gasteiger partial charge < -0.3 is 5.32 Å². The molecule has 0 aromatic carbocycles.